The highest BCUT2D eigenvalue weighted by Crippen LogP contribution is 2.40. The maximum atomic E-state index is 11.9. The number of benzene rings is 1. The summed E-state index contributed by atoms with van der Waals surface area (Å²) in [4.78, 5) is 25.8. The lowest BCUT2D eigenvalue weighted by Gasteiger charge is -2.26. The Morgan fingerprint density at radius 1 is 1.30 bits per heavy atom. The van der Waals surface area contributed by atoms with Gasteiger partial charge in [0.2, 0.25) is 0 Å². The van der Waals surface area contributed by atoms with Crippen LogP contribution in [-0.4, -0.2) is 36.0 Å². The summed E-state index contributed by atoms with van der Waals surface area (Å²) < 4.78 is 0. The van der Waals surface area contributed by atoms with Crippen LogP contribution in [0.4, 0.5) is 5.82 Å². The predicted molar refractivity (Wildman–Crippen MR) is 109 cm³/mol. The van der Waals surface area contributed by atoms with E-state index in [4.69, 9.17) is 10.7 Å². The average Bonchev–Trinajstić information content (AvgIpc) is 3.36. The van der Waals surface area contributed by atoms with E-state index in [2.05, 4.69) is 27.3 Å². The number of nitrogens with zero attached hydrogens (tertiary/aromatic N) is 3. The topological polar surface area (TPSA) is 84.1 Å². The first-order chi connectivity index (χ1) is 13.2. The monoisotopic (exact) mass is 381 g/mol. The van der Waals surface area contributed by atoms with Crippen molar-refractivity contribution in [1.29, 1.82) is 0 Å². The van der Waals surface area contributed by atoms with Gasteiger partial charge < -0.3 is 16.0 Å². The van der Waals surface area contributed by atoms with Gasteiger partial charge in [-0.2, -0.15) is 0 Å². The third kappa shape index (κ3) is 3.40. The summed E-state index contributed by atoms with van der Waals surface area (Å²) in [5.41, 5.74) is 6.69. The molecule has 0 radical (unpaired) electrons. The van der Waals surface area contributed by atoms with Crippen LogP contribution in [0.2, 0.25) is 0 Å². The molecule has 1 aromatic carbocycles. The Hall–Kier alpha value is -2.51. The predicted octanol–water partition coefficient (Wildman–Crippen LogP) is 2.89. The molecule has 1 aliphatic heterocycles. The molecule has 1 atom stereocenters. The van der Waals surface area contributed by atoms with Gasteiger partial charge in [0.15, 0.2) is 0 Å². The van der Waals surface area contributed by atoms with E-state index in [1.165, 1.54) is 4.88 Å². The summed E-state index contributed by atoms with van der Waals surface area (Å²) >= 11 is 1.56. The Kier molecular flexibility index (Phi) is 5.05. The Labute approximate surface area is 162 Å². The number of aromatic nitrogens is 2. The summed E-state index contributed by atoms with van der Waals surface area (Å²) in [6.07, 6.45) is 2.82. The molecule has 1 amide bonds. The van der Waals surface area contributed by atoms with E-state index in [0.29, 0.717) is 13.0 Å². The molecule has 0 saturated carbocycles. The molecule has 1 aliphatic rings. The fourth-order valence-electron chi connectivity index (χ4n) is 3.66. The molecule has 2 aromatic heterocycles. The number of fused-ring (bicyclic) bond motifs is 1. The number of hydrogen-bond donors (Lipinski definition) is 2. The van der Waals surface area contributed by atoms with E-state index >= 15 is 0 Å². The summed E-state index contributed by atoms with van der Waals surface area (Å²) in [5.74, 6) is 1.73. The molecule has 4 rings (SSSR count). The number of anilines is 1. The highest BCUT2D eigenvalue weighted by molar-refractivity contribution is 7.14. The van der Waals surface area contributed by atoms with Gasteiger partial charge in [-0.1, -0.05) is 12.1 Å². The van der Waals surface area contributed by atoms with Crippen LogP contribution in [0.25, 0.3) is 10.9 Å². The molecule has 1 saturated heterocycles. The van der Waals surface area contributed by atoms with Crippen LogP contribution in [0.15, 0.2) is 36.4 Å². The second kappa shape index (κ2) is 7.62. The van der Waals surface area contributed by atoms with Gasteiger partial charge in [-0.05, 0) is 43.7 Å². The van der Waals surface area contributed by atoms with Crippen molar-refractivity contribution in [2.75, 3.05) is 25.0 Å². The lowest BCUT2D eigenvalue weighted by Crippen LogP contribution is -2.24. The molecule has 3 aromatic rings. The molecule has 3 N–H and O–H groups in total. The zero-order valence-corrected chi connectivity index (χ0v) is 16.1. The molecule has 3 heterocycles. The molecule has 27 heavy (non-hydrogen) atoms. The molecular weight excluding hydrogens is 358 g/mol. The van der Waals surface area contributed by atoms with Crippen LogP contribution in [0.1, 0.15) is 39.3 Å². The highest BCUT2D eigenvalue weighted by atomic mass is 32.1. The van der Waals surface area contributed by atoms with Crippen LogP contribution in [0.5, 0.6) is 0 Å². The largest absolute Gasteiger partial charge is 0.354 e. The molecular formula is C20H23N5OS. The zero-order chi connectivity index (χ0) is 18.8. The number of hydrogen-bond acceptors (Lipinski definition) is 6. The van der Waals surface area contributed by atoms with Crippen molar-refractivity contribution in [2.45, 2.75) is 25.3 Å². The van der Waals surface area contributed by atoms with E-state index in [1.807, 2.05) is 24.3 Å². The third-order valence-corrected chi connectivity index (χ3v) is 6.11. The Morgan fingerprint density at radius 2 is 2.15 bits per heavy atom. The average molecular weight is 382 g/mol. The van der Waals surface area contributed by atoms with Gasteiger partial charge in [-0.3, -0.25) is 4.79 Å². The third-order valence-electron chi connectivity index (χ3n) is 4.93. The van der Waals surface area contributed by atoms with Gasteiger partial charge in [-0.15, -0.1) is 11.3 Å². The number of amides is 1. The first-order valence-corrected chi connectivity index (χ1v) is 10.1. The molecule has 0 bridgehead atoms. The zero-order valence-electron chi connectivity index (χ0n) is 15.3. The number of carbonyl (C=O) groups excluding carboxylic acids is 1. The normalized spacial score (nSPS) is 16.8. The standard InChI is InChI=1S/C20H23N5OS/c1-22-20(26)17-9-8-16(27-17)15-7-4-12-25(15)19-13-5-2-3-6-14(13)23-18(24-19)10-11-21/h2-3,5-6,8-9,15H,4,7,10-12,21H2,1H3,(H,22,26). The summed E-state index contributed by atoms with van der Waals surface area (Å²) in [6, 6.07) is 12.4. The van der Waals surface area contributed by atoms with Crippen LogP contribution in [0, 0.1) is 0 Å². The molecule has 1 unspecified atom stereocenters. The molecule has 140 valence electrons. The maximum Gasteiger partial charge on any atom is 0.261 e. The quantitative estimate of drug-likeness (QED) is 0.710. The van der Waals surface area contributed by atoms with Crippen molar-refractivity contribution < 1.29 is 4.79 Å². The van der Waals surface area contributed by atoms with Crippen molar-refractivity contribution in [3.05, 3.63) is 52.0 Å². The van der Waals surface area contributed by atoms with Gasteiger partial charge in [0.05, 0.1) is 16.4 Å². The Morgan fingerprint density at radius 3 is 2.96 bits per heavy atom. The minimum Gasteiger partial charge on any atom is -0.354 e. The smallest absolute Gasteiger partial charge is 0.261 e. The van der Waals surface area contributed by atoms with Gasteiger partial charge in [0.25, 0.3) is 5.91 Å². The number of thiophene rings is 1. The SMILES string of the molecule is CNC(=O)c1ccc(C2CCCN2c2nc(CCN)nc3ccccc23)s1. The van der Waals surface area contributed by atoms with Gasteiger partial charge >= 0.3 is 0 Å². The first-order valence-electron chi connectivity index (χ1n) is 9.25. The van der Waals surface area contributed by atoms with E-state index in [1.54, 1.807) is 18.4 Å². The maximum absolute atomic E-state index is 11.9. The number of nitrogens with one attached hydrogen (secondary N) is 1. The summed E-state index contributed by atoms with van der Waals surface area (Å²) in [6.45, 7) is 1.47. The van der Waals surface area contributed by atoms with Crippen LogP contribution in [0.3, 0.4) is 0 Å². The minimum absolute atomic E-state index is 0.0338. The second-order valence-corrected chi connectivity index (χ2v) is 7.77. The molecule has 1 fully saturated rings. The van der Waals surface area contributed by atoms with Crippen LogP contribution in [-0.2, 0) is 6.42 Å². The second-order valence-electron chi connectivity index (χ2n) is 6.65. The lowest BCUT2D eigenvalue weighted by molar-refractivity contribution is 0.0967. The van der Waals surface area contributed by atoms with Crippen LogP contribution >= 0.6 is 11.3 Å². The highest BCUT2D eigenvalue weighted by Gasteiger charge is 2.30. The number of carbonyl (C=O) groups is 1. The Bertz CT molecular complexity index is 970. The van der Waals surface area contributed by atoms with E-state index in [0.717, 1.165) is 46.8 Å². The molecule has 7 heteroatoms. The number of nitrogens with two attached hydrogens (primary N) is 1. The van der Waals surface area contributed by atoms with Crippen molar-refractivity contribution in [2.24, 2.45) is 5.73 Å². The van der Waals surface area contributed by atoms with Crippen molar-refractivity contribution in [1.82, 2.24) is 15.3 Å². The minimum atomic E-state index is -0.0338. The molecule has 6 nitrogen and oxygen atoms in total. The van der Waals surface area contributed by atoms with Crippen molar-refractivity contribution >= 4 is 34.0 Å². The van der Waals surface area contributed by atoms with Gasteiger partial charge in [0, 0.05) is 30.3 Å². The van der Waals surface area contributed by atoms with Crippen molar-refractivity contribution in [3.8, 4) is 0 Å². The first kappa shape index (κ1) is 17.9. The molecule has 0 aliphatic carbocycles. The fraction of sp³-hybridized carbons (Fsp3) is 0.350. The van der Waals surface area contributed by atoms with Crippen LogP contribution < -0.4 is 16.0 Å². The summed E-state index contributed by atoms with van der Waals surface area (Å²) in [7, 11) is 1.66. The fourth-order valence-corrected chi connectivity index (χ4v) is 4.76. The number of para-hydroxylation sites is 1. The Balaban J connectivity index is 1.75. The van der Waals surface area contributed by atoms with Crippen molar-refractivity contribution in [3.63, 3.8) is 0 Å². The van der Waals surface area contributed by atoms with E-state index in [9.17, 15) is 4.79 Å². The molecule has 0 spiro atoms. The number of rotatable bonds is 5. The van der Waals surface area contributed by atoms with E-state index < -0.39 is 0 Å². The van der Waals surface area contributed by atoms with Gasteiger partial charge in [-0.25, -0.2) is 9.97 Å². The lowest BCUT2D eigenvalue weighted by atomic mass is 10.1. The summed E-state index contributed by atoms with van der Waals surface area (Å²) in [5, 5.41) is 3.76. The van der Waals surface area contributed by atoms with E-state index in [-0.39, 0.29) is 11.9 Å². The van der Waals surface area contributed by atoms with Gasteiger partial charge in [0.1, 0.15) is 11.6 Å².